The Hall–Kier alpha value is -2.26. The first-order chi connectivity index (χ1) is 14.9. The van der Waals surface area contributed by atoms with Crippen molar-refractivity contribution in [3.05, 3.63) is 71.3 Å². The number of quaternary nitrogens is 1. The number of fused-ring (bicyclic) bond motifs is 2. The van der Waals surface area contributed by atoms with Gasteiger partial charge in [0, 0.05) is 19.5 Å². The van der Waals surface area contributed by atoms with Gasteiger partial charge in [0.2, 0.25) is 0 Å². The van der Waals surface area contributed by atoms with Crippen LogP contribution in [0, 0.1) is 0 Å². The fourth-order valence-corrected chi connectivity index (χ4v) is 5.19. The fourth-order valence-electron chi connectivity index (χ4n) is 4.40. The van der Waals surface area contributed by atoms with Crippen LogP contribution in [0.4, 0.5) is 0 Å². The third-order valence-electron chi connectivity index (χ3n) is 5.79. The van der Waals surface area contributed by atoms with E-state index >= 15 is 0 Å². The van der Waals surface area contributed by atoms with Crippen LogP contribution in [0.3, 0.4) is 0 Å². The smallest absolute Gasteiger partial charge is 0.278 e. The van der Waals surface area contributed by atoms with Crippen molar-refractivity contribution < 1.29 is 18.3 Å². The lowest BCUT2D eigenvalue weighted by Crippen LogP contribution is -2.48. The van der Waals surface area contributed by atoms with Gasteiger partial charge in [0.05, 0.1) is 31.6 Å². The molecule has 31 heavy (non-hydrogen) atoms. The molecule has 5 rings (SSSR count). The van der Waals surface area contributed by atoms with Gasteiger partial charge >= 0.3 is 0 Å². The van der Waals surface area contributed by atoms with Crippen LogP contribution in [-0.4, -0.2) is 58.8 Å². The van der Waals surface area contributed by atoms with Gasteiger partial charge in [-0.15, -0.1) is 16.6 Å². The number of para-hydroxylation sites is 1. The fraction of sp³-hybridized carbons (Fsp3) is 0.304. The average Bonchev–Trinajstić information content (AvgIpc) is 3.07. The third-order valence-corrected chi connectivity index (χ3v) is 6.55. The quantitative estimate of drug-likeness (QED) is 0.553. The molecule has 1 saturated heterocycles. The number of carbonyl (C=O) groups is 1. The summed E-state index contributed by atoms with van der Waals surface area (Å²) in [6.45, 7) is 2.11. The molecule has 0 aromatic heterocycles. The van der Waals surface area contributed by atoms with Crippen LogP contribution in [0.2, 0.25) is 0 Å². The van der Waals surface area contributed by atoms with E-state index in [2.05, 4.69) is 0 Å². The molecule has 1 fully saturated rings. The summed E-state index contributed by atoms with van der Waals surface area (Å²) in [5.74, 6) is 0.571. The number of amides is 1. The molecule has 2 atom stereocenters. The van der Waals surface area contributed by atoms with Crippen LogP contribution < -0.4 is 4.74 Å². The molecule has 8 heteroatoms. The van der Waals surface area contributed by atoms with Crippen molar-refractivity contribution in [2.24, 2.45) is 5.10 Å². The minimum Gasteiger partial charge on any atom is -0.471 e. The molecule has 0 radical (unpaired) electrons. The Kier molecular flexibility index (Phi) is 5.13. The summed E-state index contributed by atoms with van der Waals surface area (Å²) in [4.78, 5) is 14.3. The second-order valence-electron chi connectivity index (χ2n) is 8.03. The van der Waals surface area contributed by atoms with Crippen molar-refractivity contribution >= 4 is 42.8 Å². The highest BCUT2D eigenvalue weighted by atomic mass is 32.1. The Labute approximate surface area is 192 Å². The topological polar surface area (TPSA) is 51.1 Å². The highest BCUT2D eigenvalue weighted by Crippen LogP contribution is 2.52. The standard InChI is InChI=1S/C23H23N3O3S2/c1-26(31)21-17-9-5-6-10-18(17)29-23(30,15-16-7-3-2-4-8-16)19(21)20(24-26)22(27)25-11-13-28-14-12-25/h2-10,31H,11-15H2,1H3/p+1. The number of hydrogen-bond acceptors (Lipinski definition) is 6. The number of nitrogens with zero attached hydrogens (tertiary/aromatic N) is 3. The van der Waals surface area contributed by atoms with Gasteiger partial charge in [-0.2, -0.15) is 0 Å². The molecule has 2 aromatic rings. The molecule has 6 nitrogen and oxygen atoms in total. The van der Waals surface area contributed by atoms with Crippen LogP contribution >= 0.6 is 25.4 Å². The average molecular weight is 455 g/mol. The zero-order valence-corrected chi connectivity index (χ0v) is 19.0. The summed E-state index contributed by atoms with van der Waals surface area (Å²) in [5.41, 5.74) is 3.80. The number of morpholine rings is 1. The number of thiol groups is 2. The molecule has 3 aliphatic heterocycles. The second kappa shape index (κ2) is 7.70. The number of hydrogen-bond donors (Lipinski definition) is 2. The lowest BCUT2D eigenvalue weighted by molar-refractivity contribution is -0.694. The normalized spacial score (nSPS) is 27.3. The van der Waals surface area contributed by atoms with Gasteiger partial charge in [-0.3, -0.25) is 4.79 Å². The monoisotopic (exact) mass is 454 g/mol. The van der Waals surface area contributed by atoms with Crippen LogP contribution in [0.5, 0.6) is 5.75 Å². The molecule has 3 aliphatic rings. The van der Waals surface area contributed by atoms with Crippen molar-refractivity contribution in [1.29, 1.82) is 0 Å². The number of rotatable bonds is 3. The lowest BCUT2D eigenvalue weighted by atomic mass is 9.90. The summed E-state index contributed by atoms with van der Waals surface area (Å²) < 4.78 is 11.8. The van der Waals surface area contributed by atoms with E-state index < -0.39 is 4.93 Å². The number of carbonyl (C=O) groups excluding carboxylic acids is 1. The maximum Gasteiger partial charge on any atom is 0.278 e. The summed E-state index contributed by atoms with van der Waals surface area (Å²) >= 11 is 9.88. The predicted octanol–water partition coefficient (Wildman–Crippen LogP) is 3.18. The SMILES string of the molecule is C[N+]1(S)N=C(C(=O)N2CCOCC2)C2=C1c1ccccc1OC2(S)Cc1ccccc1. The third kappa shape index (κ3) is 3.57. The van der Waals surface area contributed by atoms with Gasteiger partial charge in [-0.1, -0.05) is 47.6 Å². The van der Waals surface area contributed by atoms with Crippen molar-refractivity contribution in [3.63, 3.8) is 0 Å². The summed E-state index contributed by atoms with van der Waals surface area (Å²) in [6, 6.07) is 17.8. The maximum atomic E-state index is 13.6. The Morgan fingerprint density at radius 2 is 1.81 bits per heavy atom. The molecule has 0 aliphatic carbocycles. The van der Waals surface area contributed by atoms with Gasteiger partial charge in [0.15, 0.2) is 16.3 Å². The van der Waals surface area contributed by atoms with Gasteiger partial charge < -0.3 is 14.4 Å². The van der Waals surface area contributed by atoms with Gasteiger partial charge in [0.1, 0.15) is 18.4 Å². The predicted molar refractivity (Wildman–Crippen MR) is 126 cm³/mol. The first kappa shape index (κ1) is 20.6. The number of ether oxygens (including phenoxy) is 2. The summed E-state index contributed by atoms with van der Waals surface area (Å²) in [6.07, 6.45) is 0.479. The first-order valence-electron chi connectivity index (χ1n) is 10.3. The molecular formula is C23H24N3O3S2+. The van der Waals surface area contributed by atoms with Crippen molar-refractivity contribution in [1.82, 2.24) is 4.90 Å². The molecule has 0 N–H and O–H groups in total. The number of benzene rings is 2. The summed E-state index contributed by atoms with van der Waals surface area (Å²) in [5, 5.41) is 4.76. The summed E-state index contributed by atoms with van der Waals surface area (Å²) in [7, 11) is 1.86. The van der Waals surface area contributed by atoms with Crippen LogP contribution in [-0.2, 0) is 16.0 Å². The Balaban J connectivity index is 1.66. The molecule has 0 saturated carbocycles. The zero-order valence-electron chi connectivity index (χ0n) is 17.2. The maximum absolute atomic E-state index is 13.6. The van der Waals surface area contributed by atoms with Gasteiger partial charge in [-0.25, -0.2) is 0 Å². The largest absolute Gasteiger partial charge is 0.471 e. The van der Waals surface area contributed by atoms with E-state index in [0.717, 1.165) is 16.8 Å². The van der Waals surface area contributed by atoms with E-state index in [1.807, 2.05) is 61.6 Å². The molecule has 2 aromatic carbocycles. The van der Waals surface area contributed by atoms with E-state index in [1.54, 1.807) is 4.90 Å². The highest BCUT2D eigenvalue weighted by Gasteiger charge is 2.55. The van der Waals surface area contributed by atoms with Crippen LogP contribution in [0.1, 0.15) is 11.1 Å². The van der Waals surface area contributed by atoms with E-state index in [-0.39, 0.29) is 9.90 Å². The molecule has 0 bridgehead atoms. The van der Waals surface area contributed by atoms with E-state index in [0.29, 0.717) is 49.8 Å². The molecule has 1 amide bonds. The van der Waals surface area contributed by atoms with Crippen LogP contribution in [0.25, 0.3) is 5.70 Å². The van der Waals surface area contributed by atoms with Gasteiger partial charge in [0.25, 0.3) is 5.91 Å². The molecule has 2 unspecified atom stereocenters. The lowest BCUT2D eigenvalue weighted by Gasteiger charge is -2.36. The second-order valence-corrected chi connectivity index (χ2v) is 9.54. The van der Waals surface area contributed by atoms with E-state index in [4.69, 9.17) is 40.0 Å². The molecular weight excluding hydrogens is 430 g/mol. The molecule has 160 valence electrons. The molecule has 3 heterocycles. The van der Waals surface area contributed by atoms with Crippen molar-refractivity contribution in [3.8, 4) is 5.75 Å². The van der Waals surface area contributed by atoms with E-state index in [9.17, 15) is 4.79 Å². The molecule has 0 spiro atoms. The highest BCUT2D eigenvalue weighted by molar-refractivity contribution is 7.82. The van der Waals surface area contributed by atoms with Crippen LogP contribution in [0.15, 0.2) is 65.3 Å². The zero-order chi connectivity index (χ0) is 21.6. The minimum absolute atomic E-state index is 0.0851. The first-order valence-corrected chi connectivity index (χ1v) is 11.1. The Morgan fingerprint density at radius 3 is 2.55 bits per heavy atom. The minimum atomic E-state index is -1.06. The van der Waals surface area contributed by atoms with Gasteiger partial charge in [-0.05, 0) is 17.7 Å². The Morgan fingerprint density at radius 1 is 1.13 bits per heavy atom. The van der Waals surface area contributed by atoms with Crippen molar-refractivity contribution in [2.75, 3.05) is 33.4 Å². The Bertz CT molecular complexity index is 1090. The van der Waals surface area contributed by atoms with E-state index in [1.165, 1.54) is 0 Å². The van der Waals surface area contributed by atoms with Crippen molar-refractivity contribution in [2.45, 2.75) is 11.4 Å².